The van der Waals surface area contributed by atoms with E-state index < -0.39 is 12.5 Å². The van der Waals surface area contributed by atoms with Crippen LogP contribution in [0.2, 0.25) is 0 Å². The number of halogens is 3. The summed E-state index contributed by atoms with van der Waals surface area (Å²) in [6.07, 6.45) is 1.62. The Morgan fingerprint density at radius 3 is 2.76 bits per heavy atom. The van der Waals surface area contributed by atoms with Crippen molar-refractivity contribution in [1.82, 2.24) is 9.78 Å². The lowest BCUT2D eigenvalue weighted by atomic mass is 10.2. The van der Waals surface area contributed by atoms with Crippen LogP contribution in [0.25, 0.3) is 0 Å². The number of aromatic nitrogens is 2. The van der Waals surface area contributed by atoms with Gasteiger partial charge in [0.15, 0.2) is 0 Å². The maximum absolute atomic E-state index is 12.4. The second kappa shape index (κ2) is 6.21. The van der Waals surface area contributed by atoms with E-state index in [-0.39, 0.29) is 11.3 Å². The van der Waals surface area contributed by atoms with E-state index in [0.29, 0.717) is 15.9 Å². The Balaban J connectivity index is 2.29. The maximum atomic E-state index is 12.4. The topological polar surface area (TPSA) is 56.2 Å². The summed E-state index contributed by atoms with van der Waals surface area (Å²) in [5.74, 6) is -0.740. The number of rotatable bonds is 4. The summed E-state index contributed by atoms with van der Waals surface area (Å²) in [5.41, 5.74) is 1.13. The highest BCUT2D eigenvalue weighted by molar-refractivity contribution is 9.10. The molecule has 1 heterocycles. The van der Waals surface area contributed by atoms with Crippen LogP contribution in [0.1, 0.15) is 16.1 Å². The minimum Gasteiger partial charge on any atom is -0.434 e. The van der Waals surface area contributed by atoms with Gasteiger partial charge in [0.1, 0.15) is 5.75 Å². The summed E-state index contributed by atoms with van der Waals surface area (Å²) in [6.45, 7) is -1.27. The molecule has 0 atom stereocenters. The van der Waals surface area contributed by atoms with Gasteiger partial charge in [0.05, 0.1) is 16.9 Å². The Hall–Kier alpha value is -1.96. The van der Waals surface area contributed by atoms with E-state index in [0.717, 1.165) is 0 Å². The second-order valence-electron chi connectivity index (χ2n) is 4.27. The zero-order valence-corrected chi connectivity index (χ0v) is 12.8. The monoisotopic (exact) mass is 359 g/mol. The maximum Gasteiger partial charge on any atom is 0.387 e. The van der Waals surface area contributed by atoms with Gasteiger partial charge in [0, 0.05) is 17.7 Å². The van der Waals surface area contributed by atoms with Gasteiger partial charge in [-0.2, -0.15) is 13.9 Å². The number of alkyl halides is 2. The minimum absolute atomic E-state index is 0.00734. The lowest BCUT2D eigenvalue weighted by Gasteiger charge is -2.11. The Bertz CT molecular complexity index is 673. The Labute approximate surface area is 128 Å². The highest BCUT2D eigenvalue weighted by Gasteiger charge is 2.18. The quantitative estimate of drug-likeness (QED) is 0.910. The molecule has 1 aromatic carbocycles. The fourth-order valence-electron chi connectivity index (χ4n) is 1.79. The van der Waals surface area contributed by atoms with Gasteiger partial charge < -0.3 is 10.1 Å². The van der Waals surface area contributed by atoms with Crippen LogP contribution in [-0.2, 0) is 7.05 Å². The van der Waals surface area contributed by atoms with Crippen LogP contribution in [0.5, 0.6) is 5.75 Å². The number of carbonyl (C=O) groups is 1. The number of hydrogen-bond donors (Lipinski definition) is 1. The predicted molar refractivity (Wildman–Crippen MR) is 76.7 cm³/mol. The standard InChI is InChI=1S/C13H12BrF2N3O2/c1-7-10(6-19(2)18-7)17-12(20)9-5-8(14)3-4-11(9)21-13(15)16/h3-6,13H,1-2H3,(H,17,20). The molecule has 2 rings (SSSR count). The average molecular weight is 360 g/mol. The molecule has 112 valence electrons. The van der Waals surface area contributed by atoms with E-state index in [1.165, 1.54) is 18.2 Å². The first-order chi connectivity index (χ1) is 9.86. The summed E-state index contributed by atoms with van der Waals surface area (Å²) < 4.78 is 31.2. The summed E-state index contributed by atoms with van der Waals surface area (Å²) in [4.78, 5) is 12.2. The number of carbonyl (C=O) groups excluding carboxylic acids is 1. The van der Waals surface area contributed by atoms with Crippen molar-refractivity contribution in [1.29, 1.82) is 0 Å². The molecule has 0 fully saturated rings. The van der Waals surface area contributed by atoms with Crippen molar-refractivity contribution >= 4 is 27.5 Å². The number of amides is 1. The van der Waals surface area contributed by atoms with Crippen LogP contribution in [-0.4, -0.2) is 22.3 Å². The molecule has 0 bridgehead atoms. The lowest BCUT2D eigenvalue weighted by molar-refractivity contribution is -0.0501. The zero-order chi connectivity index (χ0) is 15.6. The Morgan fingerprint density at radius 1 is 1.48 bits per heavy atom. The molecule has 21 heavy (non-hydrogen) atoms. The first kappa shape index (κ1) is 15.4. The first-order valence-corrected chi connectivity index (χ1v) is 6.72. The number of ether oxygens (including phenoxy) is 1. The van der Waals surface area contributed by atoms with Crippen LogP contribution >= 0.6 is 15.9 Å². The van der Waals surface area contributed by atoms with Crippen molar-refractivity contribution in [2.45, 2.75) is 13.5 Å². The molecule has 2 aromatic rings. The summed E-state index contributed by atoms with van der Waals surface area (Å²) >= 11 is 3.20. The summed E-state index contributed by atoms with van der Waals surface area (Å²) in [5, 5.41) is 6.71. The van der Waals surface area contributed by atoms with E-state index in [1.54, 1.807) is 24.9 Å². The number of nitrogens with zero attached hydrogens (tertiary/aromatic N) is 2. The fraction of sp³-hybridized carbons (Fsp3) is 0.231. The fourth-order valence-corrected chi connectivity index (χ4v) is 2.15. The molecule has 1 amide bonds. The van der Waals surface area contributed by atoms with Gasteiger partial charge in [0.25, 0.3) is 5.91 Å². The molecule has 8 heteroatoms. The van der Waals surface area contributed by atoms with E-state index >= 15 is 0 Å². The molecular weight excluding hydrogens is 348 g/mol. The number of nitrogens with one attached hydrogen (secondary N) is 1. The van der Waals surface area contributed by atoms with Crippen molar-refractivity contribution in [2.24, 2.45) is 7.05 Å². The number of benzene rings is 1. The van der Waals surface area contributed by atoms with Gasteiger partial charge in [-0.15, -0.1) is 0 Å². The normalized spacial score (nSPS) is 10.8. The van der Waals surface area contributed by atoms with E-state index in [2.05, 4.69) is 31.1 Å². The third kappa shape index (κ3) is 3.78. The van der Waals surface area contributed by atoms with Crippen molar-refractivity contribution in [3.63, 3.8) is 0 Å². The highest BCUT2D eigenvalue weighted by Crippen LogP contribution is 2.26. The van der Waals surface area contributed by atoms with Crippen LogP contribution < -0.4 is 10.1 Å². The van der Waals surface area contributed by atoms with Crippen LogP contribution in [0.4, 0.5) is 14.5 Å². The molecule has 0 aliphatic rings. The third-order valence-corrected chi connectivity index (χ3v) is 3.16. The van der Waals surface area contributed by atoms with Crippen LogP contribution in [0.15, 0.2) is 28.9 Å². The molecule has 0 radical (unpaired) electrons. The number of anilines is 1. The van der Waals surface area contributed by atoms with Crippen LogP contribution in [0.3, 0.4) is 0 Å². The molecule has 0 aliphatic carbocycles. The number of aryl methyl sites for hydroxylation is 2. The summed E-state index contributed by atoms with van der Waals surface area (Å²) in [7, 11) is 1.72. The molecule has 0 saturated carbocycles. The second-order valence-corrected chi connectivity index (χ2v) is 5.19. The van der Waals surface area contributed by atoms with E-state index in [1.807, 2.05) is 0 Å². The third-order valence-electron chi connectivity index (χ3n) is 2.66. The molecule has 0 aliphatic heterocycles. The smallest absolute Gasteiger partial charge is 0.387 e. The molecular formula is C13H12BrF2N3O2. The van der Waals surface area contributed by atoms with Gasteiger partial charge in [-0.05, 0) is 25.1 Å². The molecule has 0 spiro atoms. The Kier molecular flexibility index (Phi) is 4.56. The van der Waals surface area contributed by atoms with Crippen LogP contribution in [0, 0.1) is 6.92 Å². The number of hydrogen-bond acceptors (Lipinski definition) is 3. The molecule has 0 saturated heterocycles. The van der Waals surface area contributed by atoms with Gasteiger partial charge in [-0.25, -0.2) is 0 Å². The van der Waals surface area contributed by atoms with Gasteiger partial charge >= 0.3 is 6.61 Å². The van der Waals surface area contributed by atoms with Crippen molar-refractivity contribution in [3.05, 3.63) is 40.1 Å². The van der Waals surface area contributed by atoms with Gasteiger partial charge in [0.2, 0.25) is 0 Å². The van der Waals surface area contributed by atoms with Crippen molar-refractivity contribution < 1.29 is 18.3 Å². The average Bonchev–Trinajstić information content (AvgIpc) is 2.69. The summed E-state index contributed by atoms with van der Waals surface area (Å²) in [6, 6.07) is 4.24. The van der Waals surface area contributed by atoms with E-state index in [4.69, 9.17) is 0 Å². The highest BCUT2D eigenvalue weighted by atomic mass is 79.9. The molecule has 5 nitrogen and oxygen atoms in total. The van der Waals surface area contributed by atoms with Gasteiger partial charge in [-0.1, -0.05) is 15.9 Å². The van der Waals surface area contributed by atoms with Gasteiger partial charge in [-0.3, -0.25) is 9.48 Å². The van der Waals surface area contributed by atoms with E-state index in [9.17, 15) is 13.6 Å². The van der Waals surface area contributed by atoms with Crippen molar-refractivity contribution in [2.75, 3.05) is 5.32 Å². The SMILES string of the molecule is Cc1nn(C)cc1NC(=O)c1cc(Br)ccc1OC(F)F. The molecule has 1 aromatic heterocycles. The Morgan fingerprint density at radius 2 is 2.19 bits per heavy atom. The lowest BCUT2D eigenvalue weighted by Crippen LogP contribution is -2.15. The predicted octanol–water partition coefficient (Wildman–Crippen LogP) is 3.34. The first-order valence-electron chi connectivity index (χ1n) is 5.93. The molecule has 1 N–H and O–H groups in total. The largest absolute Gasteiger partial charge is 0.434 e. The molecule has 0 unspecified atom stereocenters. The van der Waals surface area contributed by atoms with Crippen molar-refractivity contribution in [3.8, 4) is 5.75 Å². The minimum atomic E-state index is -3.00. The zero-order valence-electron chi connectivity index (χ0n) is 11.2.